The highest BCUT2D eigenvalue weighted by Crippen LogP contribution is 2.31. The molecular formula is C15H20N4. The third-order valence-electron chi connectivity index (χ3n) is 4.01. The SMILES string of the molecule is CC1CCN(c2nc(N)nc3ccccc23)C(C)C1. The van der Waals surface area contributed by atoms with E-state index in [0.29, 0.717) is 12.0 Å². The molecule has 4 nitrogen and oxygen atoms in total. The van der Waals surface area contributed by atoms with E-state index < -0.39 is 0 Å². The maximum atomic E-state index is 5.86. The van der Waals surface area contributed by atoms with Gasteiger partial charge in [-0.05, 0) is 37.8 Å². The molecule has 2 unspecified atom stereocenters. The van der Waals surface area contributed by atoms with Crippen LogP contribution in [0, 0.1) is 5.92 Å². The molecule has 2 atom stereocenters. The number of nitrogen functional groups attached to an aromatic ring is 1. The Hall–Kier alpha value is -1.84. The van der Waals surface area contributed by atoms with Gasteiger partial charge in [-0.1, -0.05) is 19.1 Å². The second kappa shape index (κ2) is 4.68. The Kier molecular flexibility index (Phi) is 3.01. The van der Waals surface area contributed by atoms with Gasteiger partial charge >= 0.3 is 0 Å². The number of nitrogens with two attached hydrogens (primary N) is 1. The van der Waals surface area contributed by atoms with E-state index in [1.165, 1.54) is 12.8 Å². The van der Waals surface area contributed by atoms with E-state index in [0.717, 1.165) is 29.2 Å². The van der Waals surface area contributed by atoms with Gasteiger partial charge in [0.15, 0.2) is 0 Å². The molecule has 2 heterocycles. The van der Waals surface area contributed by atoms with Crippen LogP contribution in [-0.4, -0.2) is 22.6 Å². The minimum Gasteiger partial charge on any atom is -0.368 e. The van der Waals surface area contributed by atoms with Crippen molar-refractivity contribution < 1.29 is 0 Å². The molecule has 1 aromatic carbocycles. The van der Waals surface area contributed by atoms with Crippen molar-refractivity contribution in [3.8, 4) is 0 Å². The summed E-state index contributed by atoms with van der Waals surface area (Å²) in [5.74, 6) is 2.14. The summed E-state index contributed by atoms with van der Waals surface area (Å²) in [4.78, 5) is 11.2. The van der Waals surface area contributed by atoms with Crippen molar-refractivity contribution in [2.24, 2.45) is 5.92 Å². The molecule has 0 radical (unpaired) electrons. The summed E-state index contributed by atoms with van der Waals surface area (Å²) in [6, 6.07) is 8.59. The fourth-order valence-corrected chi connectivity index (χ4v) is 3.02. The Morgan fingerprint density at radius 2 is 2.00 bits per heavy atom. The molecule has 0 bridgehead atoms. The smallest absolute Gasteiger partial charge is 0.222 e. The molecule has 3 rings (SSSR count). The quantitative estimate of drug-likeness (QED) is 0.852. The highest BCUT2D eigenvalue weighted by molar-refractivity contribution is 5.90. The summed E-state index contributed by atoms with van der Waals surface area (Å²) in [6.07, 6.45) is 2.42. The standard InChI is InChI=1S/C15H20N4/c1-10-7-8-19(11(2)9-10)14-12-5-3-4-6-13(12)17-15(16)18-14/h3-6,10-11H,7-9H2,1-2H3,(H2,16,17,18). The number of fused-ring (bicyclic) bond motifs is 1. The predicted octanol–water partition coefficient (Wildman–Crippen LogP) is 2.84. The molecule has 0 aliphatic carbocycles. The number of para-hydroxylation sites is 1. The van der Waals surface area contributed by atoms with Crippen molar-refractivity contribution in [1.29, 1.82) is 0 Å². The Labute approximate surface area is 113 Å². The zero-order chi connectivity index (χ0) is 13.4. The first-order chi connectivity index (χ1) is 9.15. The number of hydrogen-bond donors (Lipinski definition) is 1. The highest BCUT2D eigenvalue weighted by atomic mass is 15.2. The third-order valence-corrected chi connectivity index (χ3v) is 4.01. The Bertz CT molecular complexity index is 596. The van der Waals surface area contributed by atoms with Gasteiger partial charge in [-0.3, -0.25) is 0 Å². The third kappa shape index (κ3) is 2.23. The van der Waals surface area contributed by atoms with Gasteiger partial charge in [0, 0.05) is 18.0 Å². The fourth-order valence-electron chi connectivity index (χ4n) is 3.02. The van der Waals surface area contributed by atoms with Gasteiger partial charge < -0.3 is 10.6 Å². The molecular weight excluding hydrogens is 236 g/mol. The zero-order valence-electron chi connectivity index (χ0n) is 11.5. The Morgan fingerprint density at radius 3 is 2.79 bits per heavy atom. The highest BCUT2D eigenvalue weighted by Gasteiger charge is 2.25. The lowest BCUT2D eigenvalue weighted by Gasteiger charge is -2.37. The molecule has 19 heavy (non-hydrogen) atoms. The Balaban J connectivity index is 2.09. The van der Waals surface area contributed by atoms with Gasteiger partial charge in [-0.25, -0.2) is 4.98 Å². The van der Waals surface area contributed by atoms with Crippen molar-refractivity contribution in [3.05, 3.63) is 24.3 Å². The molecule has 1 aromatic heterocycles. The summed E-state index contributed by atoms with van der Waals surface area (Å²) in [7, 11) is 0. The average Bonchev–Trinajstić information content (AvgIpc) is 2.38. The number of benzene rings is 1. The van der Waals surface area contributed by atoms with Crippen LogP contribution in [0.4, 0.5) is 11.8 Å². The number of anilines is 2. The monoisotopic (exact) mass is 256 g/mol. The first kappa shape index (κ1) is 12.2. The maximum Gasteiger partial charge on any atom is 0.222 e. The van der Waals surface area contributed by atoms with Crippen molar-refractivity contribution in [3.63, 3.8) is 0 Å². The molecule has 4 heteroatoms. The van der Waals surface area contributed by atoms with Gasteiger partial charge in [-0.15, -0.1) is 0 Å². The molecule has 2 N–H and O–H groups in total. The molecule has 1 fully saturated rings. The molecule has 2 aromatic rings. The summed E-state index contributed by atoms with van der Waals surface area (Å²) in [5.41, 5.74) is 6.78. The van der Waals surface area contributed by atoms with E-state index in [-0.39, 0.29) is 0 Å². The van der Waals surface area contributed by atoms with Crippen molar-refractivity contribution in [2.45, 2.75) is 32.7 Å². The number of piperidine rings is 1. The van der Waals surface area contributed by atoms with Gasteiger partial charge in [0.2, 0.25) is 5.95 Å². The van der Waals surface area contributed by atoms with E-state index in [4.69, 9.17) is 5.73 Å². The van der Waals surface area contributed by atoms with Crippen molar-refractivity contribution >= 4 is 22.7 Å². The zero-order valence-corrected chi connectivity index (χ0v) is 11.5. The van der Waals surface area contributed by atoms with Crippen LogP contribution in [0.2, 0.25) is 0 Å². The first-order valence-corrected chi connectivity index (χ1v) is 6.94. The fraction of sp³-hybridized carbons (Fsp3) is 0.467. The number of aromatic nitrogens is 2. The van der Waals surface area contributed by atoms with Crippen LogP contribution >= 0.6 is 0 Å². The summed E-state index contributed by atoms with van der Waals surface area (Å²) in [5, 5.41) is 1.10. The van der Waals surface area contributed by atoms with Gasteiger partial charge in [0.25, 0.3) is 0 Å². The topological polar surface area (TPSA) is 55.0 Å². The summed E-state index contributed by atoms with van der Waals surface area (Å²) >= 11 is 0. The normalized spacial score (nSPS) is 23.8. The Morgan fingerprint density at radius 1 is 1.21 bits per heavy atom. The molecule has 100 valence electrons. The maximum absolute atomic E-state index is 5.86. The van der Waals surface area contributed by atoms with Crippen LogP contribution in [0.15, 0.2) is 24.3 Å². The van der Waals surface area contributed by atoms with Crippen LogP contribution in [0.5, 0.6) is 0 Å². The van der Waals surface area contributed by atoms with Crippen LogP contribution in [0.3, 0.4) is 0 Å². The number of nitrogens with zero attached hydrogens (tertiary/aromatic N) is 3. The lowest BCUT2D eigenvalue weighted by molar-refractivity contribution is 0.376. The van der Waals surface area contributed by atoms with Crippen LogP contribution in [0.25, 0.3) is 10.9 Å². The summed E-state index contributed by atoms with van der Waals surface area (Å²) in [6.45, 7) is 5.63. The van der Waals surface area contributed by atoms with Gasteiger partial charge in [-0.2, -0.15) is 4.98 Å². The van der Waals surface area contributed by atoms with E-state index >= 15 is 0 Å². The largest absolute Gasteiger partial charge is 0.368 e. The van der Waals surface area contributed by atoms with E-state index in [1.807, 2.05) is 18.2 Å². The molecule has 1 aliphatic rings. The van der Waals surface area contributed by atoms with Crippen LogP contribution in [-0.2, 0) is 0 Å². The molecule has 0 amide bonds. The van der Waals surface area contributed by atoms with E-state index in [1.54, 1.807) is 0 Å². The van der Waals surface area contributed by atoms with Crippen LogP contribution in [0.1, 0.15) is 26.7 Å². The minimum atomic E-state index is 0.361. The van der Waals surface area contributed by atoms with Crippen molar-refractivity contribution in [1.82, 2.24) is 9.97 Å². The molecule has 1 saturated heterocycles. The first-order valence-electron chi connectivity index (χ1n) is 6.94. The second-order valence-corrected chi connectivity index (χ2v) is 5.59. The van der Waals surface area contributed by atoms with Crippen molar-refractivity contribution in [2.75, 3.05) is 17.2 Å². The van der Waals surface area contributed by atoms with Gasteiger partial charge in [0.05, 0.1) is 5.52 Å². The van der Waals surface area contributed by atoms with E-state index in [9.17, 15) is 0 Å². The average molecular weight is 256 g/mol. The lowest BCUT2D eigenvalue weighted by Crippen LogP contribution is -2.41. The van der Waals surface area contributed by atoms with Crippen LogP contribution < -0.4 is 10.6 Å². The minimum absolute atomic E-state index is 0.361. The summed E-state index contributed by atoms with van der Waals surface area (Å²) < 4.78 is 0. The number of hydrogen-bond acceptors (Lipinski definition) is 4. The molecule has 0 spiro atoms. The lowest BCUT2D eigenvalue weighted by atomic mass is 9.93. The predicted molar refractivity (Wildman–Crippen MR) is 79.2 cm³/mol. The molecule has 0 saturated carbocycles. The number of rotatable bonds is 1. The van der Waals surface area contributed by atoms with Gasteiger partial charge in [0.1, 0.15) is 5.82 Å². The second-order valence-electron chi connectivity index (χ2n) is 5.59. The van der Waals surface area contributed by atoms with E-state index in [2.05, 4.69) is 34.8 Å². The molecule has 1 aliphatic heterocycles.